The van der Waals surface area contributed by atoms with Crippen molar-refractivity contribution in [2.75, 3.05) is 0 Å². The summed E-state index contributed by atoms with van der Waals surface area (Å²) < 4.78 is 1.07. The fourth-order valence-electron chi connectivity index (χ4n) is 2.16. The quantitative estimate of drug-likeness (QED) is 0.751. The summed E-state index contributed by atoms with van der Waals surface area (Å²) in [5.74, 6) is 0. The average molecular weight is 334 g/mol. The Kier molecular flexibility index (Phi) is 3.39. The van der Waals surface area contributed by atoms with Gasteiger partial charge in [0.2, 0.25) is 0 Å². The highest BCUT2D eigenvalue weighted by Crippen LogP contribution is 2.36. The molecule has 0 saturated carbocycles. The standard InChI is InChI=1S/C15H12BrNOS/c1-9-7-13(19-15(9)16)14(18)12-4-2-3-10-8-17-6-5-11(10)12/h2-8,14,18H,1H3. The predicted octanol–water partition coefficient (Wildman–Crippen LogP) is 4.45. The van der Waals surface area contributed by atoms with Crippen LogP contribution in [0.4, 0.5) is 0 Å². The van der Waals surface area contributed by atoms with Crippen LogP contribution in [0.2, 0.25) is 0 Å². The Morgan fingerprint density at radius 1 is 1.32 bits per heavy atom. The Morgan fingerprint density at radius 2 is 2.16 bits per heavy atom. The Morgan fingerprint density at radius 3 is 2.89 bits per heavy atom. The molecule has 0 radical (unpaired) electrons. The zero-order valence-corrected chi connectivity index (χ0v) is 12.7. The lowest BCUT2D eigenvalue weighted by molar-refractivity contribution is 0.225. The number of nitrogens with zero attached hydrogens (tertiary/aromatic N) is 1. The summed E-state index contributed by atoms with van der Waals surface area (Å²) in [6, 6.07) is 9.91. The number of halogens is 1. The van der Waals surface area contributed by atoms with Crippen LogP contribution < -0.4 is 0 Å². The second-order valence-corrected chi connectivity index (χ2v) is 6.85. The van der Waals surface area contributed by atoms with Crippen molar-refractivity contribution < 1.29 is 5.11 Å². The highest BCUT2D eigenvalue weighted by Gasteiger charge is 2.16. The fraction of sp³-hybridized carbons (Fsp3) is 0.133. The first-order valence-corrected chi connectivity index (χ1v) is 7.54. The summed E-state index contributed by atoms with van der Waals surface area (Å²) in [6.45, 7) is 2.03. The number of fused-ring (bicyclic) bond motifs is 1. The van der Waals surface area contributed by atoms with Gasteiger partial charge in [-0.15, -0.1) is 11.3 Å². The van der Waals surface area contributed by atoms with Crippen molar-refractivity contribution >= 4 is 38.0 Å². The zero-order valence-electron chi connectivity index (χ0n) is 10.3. The molecule has 1 unspecified atom stereocenters. The fourth-order valence-corrected chi connectivity index (χ4v) is 3.73. The number of hydrogen-bond donors (Lipinski definition) is 1. The first-order valence-electron chi connectivity index (χ1n) is 5.93. The van der Waals surface area contributed by atoms with Crippen LogP contribution >= 0.6 is 27.3 Å². The molecule has 0 saturated heterocycles. The second kappa shape index (κ2) is 5.04. The van der Waals surface area contributed by atoms with Crippen molar-refractivity contribution in [1.82, 2.24) is 4.98 Å². The summed E-state index contributed by atoms with van der Waals surface area (Å²) in [6.07, 6.45) is 2.98. The third kappa shape index (κ3) is 2.31. The summed E-state index contributed by atoms with van der Waals surface area (Å²) in [7, 11) is 0. The first-order chi connectivity index (χ1) is 9.16. The van der Waals surface area contributed by atoms with E-state index >= 15 is 0 Å². The minimum absolute atomic E-state index is 0.596. The lowest BCUT2D eigenvalue weighted by Crippen LogP contribution is -1.98. The molecule has 0 bridgehead atoms. The number of thiophene rings is 1. The van der Waals surface area contributed by atoms with Gasteiger partial charge in [-0.25, -0.2) is 0 Å². The molecule has 2 nitrogen and oxygen atoms in total. The molecular weight excluding hydrogens is 322 g/mol. The maximum absolute atomic E-state index is 10.6. The van der Waals surface area contributed by atoms with E-state index in [9.17, 15) is 5.11 Å². The zero-order chi connectivity index (χ0) is 13.4. The molecular formula is C15H12BrNOS. The largest absolute Gasteiger partial charge is 0.383 e. The van der Waals surface area contributed by atoms with Crippen LogP contribution in [0.15, 0.2) is 46.5 Å². The molecule has 0 aliphatic heterocycles. The van der Waals surface area contributed by atoms with E-state index in [2.05, 4.69) is 20.9 Å². The SMILES string of the molecule is Cc1cc(C(O)c2cccc3cnccc23)sc1Br. The number of aromatic nitrogens is 1. The summed E-state index contributed by atoms with van der Waals surface area (Å²) in [5.41, 5.74) is 2.08. The molecule has 0 fully saturated rings. The van der Waals surface area contributed by atoms with Crippen molar-refractivity contribution in [3.8, 4) is 0 Å². The second-order valence-electron chi connectivity index (χ2n) is 4.45. The van der Waals surface area contributed by atoms with Gasteiger partial charge in [-0.1, -0.05) is 18.2 Å². The number of benzene rings is 1. The van der Waals surface area contributed by atoms with E-state index in [4.69, 9.17) is 0 Å². The summed E-state index contributed by atoms with van der Waals surface area (Å²) >= 11 is 5.08. The number of rotatable bonds is 2. The molecule has 2 aromatic heterocycles. The highest BCUT2D eigenvalue weighted by molar-refractivity contribution is 9.11. The minimum Gasteiger partial charge on any atom is -0.383 e. The van der Waals surface area contributed by atoms with E-state index in [1.807, 2.05) is 43.5 Å². The Labute approximate surface area is 123 Å². The molecule has 0 amide bonds. The van der Waals surface area contributed by atoms with E-state index in [0.717, 1.165) is 30.6 Å². The molecule has 96 valence electrons. The van der Waals surface area contributed by atoms with Crippen molar-refractivity contribution in [3.05, 3.63) is 62.5 Å². The monoisotopic (exact) mass is 333 g/mol. The van der Waals surface area contributed by atoms with Gasteiger partial charge in [0.1, 0.15) is 6.10 Å². The number of aliphatic hydroxyl groups is 1. The maximum atomic E-state index is 10.6. The molecule has 1 N–H and O–H groups in total. The molecule has 4 heteroatoms. The first kappa shape index (κ1) is 12.8. The Hall–Kier alpha value is -1.23. The average Bonchev–Trinajstić information content (AvgIpc) is 2.77. The molecule has 0 aliphatic carbocycles. The van der Waals surface area contributed by atoms with Gasteiger partial charge in [-0.05, 0) is 51.5 Å². The third-order valence-corrected chi connectivity index (χ3v) is 5.34. The van der Waals surface area contributed by atoms with Gasteiger partial charge in [0.25, 0.3) is 0 Å². The smallest absolute Gasteiger partial charge is 0.114 e. The van der Waals surface area contributed by atoms with Crippen molar-refractivity contribution in [1.29, 1.82) is 0 Å². The molecule has 0 aliphatic rings. The molecule has 3 aromatic rings. The van der Waals surface area contributed by atoms with Crippen molar-refractivity contribution in [2.45, 2.75) is 13.0 Å². The Bertz CT molecular complexity index is 713. The van der Waals surface area contributed by atoms with Gasteiger partial charge in [0, 0.05) is 22.7 Å². The maximum Gasteiger partial charge on any atom is 0.114 e. The number of hydrogen-bond acceptors (Lipinski definition) is 3. The molecule has 1 aromatic carbocycles. The Balaban J connectivity index is 2.13. The summed E-state index contributed by atoms with van der Waals surface area (Å²) in [4.78, 5) is 5.07. The molecule has 19 heavy (non-hydrogen) atoms. The molecule has 2 heterocycles. The van der Waals surface area contributed by atoms with E-state index in [1.54, 1.807) is 17.5 Å². The van der Waals surface area contributed by atoms with Crippen LogP contribution in [-0.4, -0.2) is 10.1 Å². The minimum atomic E-state index is -0.596. The number of aryl methyl sites for hydroxylation is 1. The van der Waals surface area contributed by atoms with Gasteiger partial charge >= 0.3 is 0 Å². The normalized spacial score (nSPS) is 12.8. The molecule has 0 spiro atoms. The number of pyridine rings is 1. The third-order valence-electron chi connectivity index (χ3n) is 3.15. The molecule has 3 rings (SSSR count). The van der Waals surface area contributed by atoms with Gasteiger partial charge < -0.3 is 5.11 Å². The van der Waals surface area contributed by atoms with Crippen molar-refractivity contribution in [3.63, 3.8) is 0 Å². The van der Waals surface area contributed by atoms with Gasteiger partial charge in [0.15, 0.2) is 0 Å². The predicted molar refractivity (Wildman–Crippen MR) is 82.6 cm³/mol. The van der Waals surface area contributed by atoms with E-state index < -0.39 is 6.10 Å². The number of aliphatic hydroxyl groups excluding tert-OH is 1. The van der Waals surface area contributed by atoms with Gasteiger partial charge in [-0.2, -0.15) is 0 Å². The lowest BCUT2D eigenvalue weighted by Gasteiger charge is -2.11. The lowest BCUT2D eigenvalue weighted by atomic mass is 10.0. The van der Waals surface area contributed by atoms with Gasteiger partial charge in [-0.3, -0.25) is 4.98 Å². The summed E-state index contributed by atoms with van der Waals surface area (Å²) in [5, 5.41) is 12.7. The van der Waals surface area contributed by atoms with Crippen LogP contribution in [0, 0.1) is 6.92 Å². The van der Waals surface area contributed by atoms with Crippen LogP contribution in [0.3, 0.4) is 0 Å². The van der Waals surface area contributed by atoms with E-state index in [-0.39, 0.29) is 0 Å². The van der Waals surface area contributed by atoms with E-state index in [0.29, 0.717) is 0 Å². The van der Waals surface area contributed by atoms with E-state index in [1.165, 1.54) is 0 Å². The highest BCUT2D eigenvalue weighted by atomic mass is 79.9. The topological polar surface area (TPSA) is 33.1 Å². The van der Waals surface area contributed by atoms with Crippen LogP contribution in [-0.2, 0) is 0 Å². The van der Waals surface area contributed by atoms with Crippen molar-refractivity contribution in [2.24, 2.45) is 0 Å². The van der Waals surface area contributed by atoms with Crippen LogP contribution in [0.5, 0.6) is 0 Å². The molecule has 1 atom stereocenters. The van der Waals surface area contributed by atoms with Crippen LogP contribution in [0.1, 0.15) is 22.1 Å². The van der Waals surface area contributed by atoms with Gasteiger partial charge in [0.05, 0.1) is 3.79 Å². The van der Waals surface area contributed by atoms with Crippen LogP contribution in [0.25, 0.3) is 10.8 Å².